The molecule has 1 heterocycles. The Labute approximate surface area is 199 Å². The van der Waals surface area contributed by atoms with Crippen molar-refractivity contribution in [3.8, 4) is 0 Å². The van der Waals surface area contributed by atoms with E-state index in [2.05, 4.69) is 4.98 Å². The molecule has 0 aliphatic rings. The average Bonchev–Trinajstić information content (AvgIpc) is 2.80. The van der Waals surface area contributed by atoms with Gasteiger partial charge in [-0.25, -0.2) is 13.2 Å². The van der Waals surface area contributed by atoms with Gasteiger partial charge in [-0.3, -0.25) is 19.1 Å². The molecule has 11 heteroatoms. The average molecular weight is 492 g/mol. The predicted octanol–water partition coefficient (Wildman–Crippen LogP) is 2.02. The number of sulfonamides is 1. The van der Waals surface area contributed by atoms with Gasteiger partial charge >= 0.3 is 5.69 Å². The number of unbranched alkanes of at least 4 members (excludes halogenated alkanes) is 1. The van der Waals surface area contributed by atoms with Crippen molar-refractivity contribution in [3.05, 3.63) is 56.7 Å². The van der Waals surface area contributed by atoms with Gasteiger partial charge in [-0.05, 0) is 37.1 Å². The van der Waals surface area contributed by atoms with E-state index in [1.54, 1.807) is 32.9 Å². The van der Waals surface area contributed by atoms with Crippen LogP contribution >= 0.6 is 0 Å². The van der Waals surface area contributed by atoms with Gasteiger partial charge in [0.05, 0.1) is 4.90 Å². The minimum Gasteiger partial charge on any atom is -0.383 e. The van der Waals surface area contributed by atoms with Crippen LogP contribution in [0, 0.1) is 0 Å². The number of H-pyrrole nitrogens is 1. The molecule has 0 radical (unpaired) electrons. The zero-order valence-electron chi connectivity index (χ0n) is 20.1. The van der Waals surface area contributed by atoms with E-state index in [0.29, 0.717) is 31.6 Å². The third-order valence-electron chi connectivity index (χ3n) is 5.44. The first-order valence-corrected chi connectivity index (χ1v) is 12.8. The van der Waals surface area contributed by atoms with E-state index >= 15 is 0 Å². The van der Waals surface area contributed by atoms with Crippen molar-refractivity contribution in [2.24, 2.45) is 0 Å². The van der Waals surface area contributed by atoms with E-state index in [9.17, 15) is 22.8 Å². The second-order valence-corrected chi connectivity index (χ2v) is 9.51. The first-order chi connectivity index (χ1) is 16.1. The third-order valence-corrected chi connectivity index (χ3v) is 7.51. The summed E-state index contributed by atoms with van der Waals surface area (Å²) >= 11 is 0. The summed E-state index contributed by atoms with van der Waals surface area (Å²) in [6.07, 6.45) is 4.32. The summed E-state index contributed by atoms with van der Waals surface area (Å²) in [6, 6.07) is 6.18. The maximum absolute atomic E-state index is 12.9. The predicted molar refractivity (Wildman–Crippen MR) is 134 cm³/mol. The fourth-order valence-corrected chi connectivity index (χ4v) is 4.98. The van der Waals surface area contributed by atoms with Crippen LogP contribution in [0.1, 0.15) is 46.1 Å². The van der Waals surface area contributed by atoms with Crippen LogP contribution in [0.4, 0.5) is 11.5 Å². The maximum atomic E-state index is 12.9. The van der Waals surface area contributed by atoms with Crippen molar-refractivity contribution in [1.29, 1.82) is 0 Å². The van der Waals surface area contributed by atoms with E-state index in [-0.39, 0.29) is 22.9 Å². The lowest BCUT2D eigenvalue weighted by Crippen LogP contribution is -2.40. The maximum Gasteiger partial charge on any atom is 0.330 e. The molecule has 0 atom stereocenters. The number of carbonyl (C=O) groups excluding carboxylic acids is 1. The van der Waals surface area contributed by atoms with E-state index in [1.807, 2.05) is 6.92 Å². The summed E-state index contributed by atoms with van der Waals surface area (Å²) in [6.45, 7) is 8.43. The number of nitrogens with one attached hydrogen (secondary N) is 1. The molecule has 0 unspecified atom stereocenters. The summed E-state index contributed by atoms with van der Waals surface area (Å²) in [5, 5.41) is 0. The van der Waals surface area contributed by atoms with Gasteiger partial charge in [-0.2, -0.15) is 4.31 Å². The highest BCUT2D eigenvalue weighted by atomic mass is 32.2. The summed E-state index contributed by atoms with van der Waals surface area (Å²) in [4.78, 5) is 41.1. The number of nitrogens with zero attached hydrogens (tertiary/aromatic N) is 3. The lowest BCUT2D eigenvalue weighted by Gasteiger charge is -2.22. The van der Waals surface area contributed by atoms with Gasteiger partial charge in [-0.15, -0.1) is 0 Å². The highest BCUT2D eigenvalue weighted by Crippen LogP contribution is 2.19. The smallest absolute Gasteiger partial charge is 0.330 e. The molecule has 34 heavy (non-hydrogen) atoms. The molecular weight excluding hydrogens is 458 g/mol. The first kappa shape index (κ1) is 27.1. The van der Waals surface area contributed by atoms with Gasteiger partial charge in [0, 0.05) is 32.3 Å². The van der Waals surface area contributed by atoms with E-state index < -0.39 is 27.2 Å². The van der Waals surface area contributed by atoms with Gasteiger partial charge in [0.25, 0.3) is 11.5 Å². The molecule has 10 nitrogen and oxygen atoms in total. The van der Waals surface area contributed by atoms with Gasteiger partial charge in [0.2, 0.25) is 10.0 Å². The molecule has 186 valence electrons. The fourth-order valence-electron chi connectivity index (χ4n) is 3.52. The number of hydrogen-bond acceptors (Lipinski definition) is 6. The summed E-state index contributed by atoms with van der Waals surface area (Å²) < 4.78 is 27.9. The Morgan fingerprint density at radius 2 is 1.68 bits per heavy atom. The molecule has 2 aromatic rings. The minimum atomic E-state index is -3.57. The number of nitrogens with two attached hydrogens (primary N) is 1. The molecule has 3 N–H and O–H groups in total. The normalized spacial score (nSPS) is 11.9. The van der Waals surface area contributed by atoms with Crippen LogP contribution < -0.4 is 21.9 Å². The highest BCUT2D eigenvalue weighted by Gasteiger charge is 2.22. The van der Waals surface area contributed by atoms with Crippen LogP contribution in [-0.4, -0.2) is 47.8 Å². The monoisotopic (exact) mass is 491 g/mol. The Morgan fingerprint density at radius 1 is 1.06 bits per heavy atom. The van der Waals surface area contributed by atoms with Crippen molar-refractivity contribution in [2.75, 3.05) is 30.3 Å². The first-order valence-electron chi connectivity index (χ1n) is 11.3. The van der Waals surface area contributed by atoms with E-state index in [1.165, 1.54) is 38.1 Å². The Hall–Kier alpha value is -3.18. The Morgan fingerprint density at radius 3 is 2.21 bits per heavy atom. The number of nitrogen functional groups attached to an aromatic ring is 1. The summed E-state index contributed by atoms with van der Waals surface area (Å²) in [5.41, 5.74) is 5.31. The molecule has 2 rings (SSSR count). The molecule has 0 fully saturated rings. The Bertz CT molecular complexity index is 1240. The standard InChI is InChI=1S/C23H33N5O5S/c1-5-9-16-28-21(24)20(22(30)25-23(28)31)27(8-4)19(29)15-12-17-10-13-18(14-11-17)34(32,33)26(6-2)7-3/h10-15H,5-9,16,24H2,1-4H3,(H,25,30,31)/b15-12+. The number of anilines is 2. The topological polar surface area (TPSA) is 139 Å². The van der Waals surface area contributed by atoms with Crippen LogP contribution in [0.5, 0.6) is 0 Å². The SMILES string of the molecule is CCCCn1c(N)c(N(CC)C(=O)/C=C/c2ccc(S(=O)(=O)N(CC)CC)cc2)c(=O)[nH]c1=O. The number of aromatic amines is 1. The van der Waals surface area contributed by atoms with Gasteiger partial charge in [0.15, 0.2) is 5.69 Å². The molecule has 0 aliphatic carbocycles. The number of hydrogen-bond donors (Lipinski definition) is 2. The highest BCUT2D eigenvalue weighted by molar-refractivity contribution is 7.89. The molecule has 0 aliphatic heterocycles. The van der Waals surface area contributed by atoms with Gasteiger partial charge in [0.1, 0.15) is 5.82 Å². The molecule has 0 spiro atoms. The van der Waals surface area contributed by atoms with Crippen LogP contribution in [0.3, 0.4) is 0 Å². The number of aromatic nitrogens is 2. The number of carbonyl (C=O) groups is 1. The van der Waals surface area contributed by atoms with Crippen molar-refractivity contribution in [2.45, 2.75) is 52.0 Å². The van der Waals surface area contributed by atoms with Gasteiger partial charge < -0.3 is 10.6 Å². The molecule has 0 saturated heterocycles. The molecule has 1 amide bonds. The van der Waals surface area contributed by atoms with Crippen molar-refractivity contribution < 1.29 is 13.2 Å². The van der Waals surface area contributed by atoms with Crippen molar-refractivity contribution in [3.63, 3.8) is 0 Å². The molecule has 1 aromatic heterocycles. The molecule has 1 aromatic carbocycles. The second-order valence-electron chi connectivity index (χ2n) is 7.57. The van der Waals surface area contributed by atoms with Crippen LogP contribution in [0.2, 0.25) is 0 Å². The van der Waals surface area contributed by atoms with Gasteiger partial charge in [-0.1, -0.05) is 39.3 Å². The third kappa shape index (κ3) is 5.84. The number of likely N-dealkylation sites (N-methyl/N-ethyl adjacent to an activating group) is 1. The van der Waals surface area contributed by atoms with E-state index in [0.717, 1.165) is 6.42 Å². The lowest BCUT2D eigenvalue weighted by atomic mass is 10.2. The Kier molecular flexibility index (Phi) is 9.39. The molecule has 0 bridgehead atoms. The largest absolute Gasteiger partial charge is 0.383 e. The minimum absolute atomic E-state index is 0.0586. The molecular formula is C23H33N5O5S. The number of rotatable bonds is 11. The zero-order chi connectivity index (χ0) is 25.5. The second kappa shape index (κ2) is 11.8. The Balaban J connectivity index is 2.32. The molecule has 0 saturated carbocycles. The number of amides is 1. The van der Waals surface area contributed by atoms with Crippen molar-refractivity contribution >= 4 is 33.5 Å². The number of benzene rings is 1. The van der Waals surface area contributed by atoms with Crippen LogP contribution in [-0.2, 0) is 21.4 Å². The van der Waals surface area contributed by atoms with Crippen LogP contribution in [0.25, 0.3) is 6.08 Å². The van der Waals surface area contributed by atoms with E-state index in [4.69, 9.17) is 5.73 Å². The zero-order valence-corrected chi connectivity index (χ0v) is 20.9. The summed E-state index contributed by atoms with van der Waals surface area (Å²) in [7, 11) is -3.57. The quantitative estimate of drug-likeness (QED) is 0.461. The van der Waals surface area contributed by atoms with Crippen LogP contribution in [0.15, 0.2) is 44.8 Å². The van der Waals surface area contributed by atoms with Crippen molar-refractivity contribution in [1.82, 2.24) is 13.9 Å². The summed E-state index contributed by atoms with van der Waals surface area (Å²) in [5.74, 6) is -0.558. The fraction of sp³-hybridized carbons (Fsp3) is 0.435. The lowest BCUT2D eigenvalue weighted by molar-refractivity contribution is -0.114.